The quantitative estimate of drug-likeness (QED) is 0.636. The number of carboxylic acids is 1. The van der Waals surface area contributed by atoms with Gasteiger partial charge in [-0.3, -0.25) is 9.59 Å². The van der Waals surface area contributed by atoms with Crippen LogP contribution in [-0.4, -0.2) is 33.9 Å². The zero-order valence-corrected chi connectivity index (χ0v) is 18.3. The number of hydrogen-bond acceptors (Lipinski definition) is 4. The van der Waals surface area contributed by atoms with E-state index in [4.69, 9.17) is 23.2 Å². The first-order chi connectivity index (χ1) is 13.7. The van der Waals surface area contributed by atoms with Gasteiger partial charge in [0.15, 0.2) is 0 Å². The van der Waals surface area contributed by atoms with Crippen LogP contribution in [0.1, 0.15) is 36.6 Å². The number of benzene rings is 2. The second-order valence-electron chi connectivity index (χ2n) is 7.35. The molecule has 1 amide bonds. The predicted molar refractivity (Wildman–Crippen MR) is 117 cm³/mol. The van der Waals surface area contributed by atoms with E-state index in [0.29, 0.717) is 27.8 Å². The zero-order valence-electron chi connectivity index (χ0n) is 15.9. The van der Waals surface area contributed by atoms with Crippen LogP contribution in [0, 0.1) is 5.92 Å². The first kappa shape index (κ1) is 21.8. The minimum absolute atomic E-state index is 0.0308. The number of rotatable bonds is 5. The van der Waals surface area contributed by atoms with E-state index in [-0.39, 0.29) is 24.0 Å². The Labute approximate surface area is 183 Å². The summed E-state index contributed by atoms with van der Waals surface area (Å²) >= 11 is 13.9. The lowest BCUT2D eigenvalue weighted by atomic mass is 10.0. The Kier molecular flexibility index (Phi) is 6.66. The van der Waals surface area contributed by atoms with Crippen molar-refractivity contribution in [1.29, 1.82) is 0 Å². The fourth-order valence-corrected chi connectivity index (χ4v) is 5.41. The van der Waals surface area contributed by atoms with Gasteiger partial charge in [-0.25, -0.2) is 0 Å². The lowest BCUT2D eigenvalue weighted by molar-refractivity contribution is -0.138. The van der Waals surface area contributed by atoms with Gasteiger partial charge in [-0.05, 0) is 47.4 Å². The highest BCUT2D eigenvalue weighted by Crippen LogP contribution is 2.49. The van der Waals surface area contributed by atoms with Crippen LogP contribution in [0.4, 0.5) is 5.69 Å². The molecule has 0 fully saturated rings. The summed E-state index contributed by atoms with van der Waals surface area (Å²) in [6.45, 7) is 4.46. The summed E-state index contributed by atoms with van der Waals surface area (Å²) in [5.41, 5.74) is 2.17. The number of carbonyl (C=O) groups is 2. The van der Waals surface area contributed by atoms with Gasteiger partial charge < -0.3 is 15.1 Å². The molecule has 1 aliphatic heterocycles. The number of amides is 1. The number of hydrogen-bond donors (Lipinski definition) is 2. The summed E-state index contributed by atoms with van der Waals surface area (Å²) in [5.74, 6) is -1.07. The van der Waals surface area contributed by atoms with Crippen molar-refractivity contribution in [1.82, 2.24) is 0 Å². The SMILES string of the molecule is CC(C)CN1C(=O)[C@@H](CC(=O)O)S[C@H](c2ccc(O)cc2Cl)c2cc(Cl)ccc21. The molecule has 3 rings (SSSR count). The molecular weight excluding hydrogens is 433 g/mol. The molecule has 2 N–H and O–H groups in total. The molecule has 0 saturated heterocycles. The summed E-state index contributed by atoms with van der Waals surface area (Å²) in [4.78, 5) is 26.4. The molecule has 8 heteroatoms. The maximum atomic E-state index is 13.3. The molecule has 2 aromatic carbocycles. The number of fused-ring (bicyclic) bond motifs is 1. The molecule has 2 aromatic rings. The molecular formula is C21H21Cl2NO4S. The van der Waals surface area contributed by atoms with E-state index >= 15 is 0 Å². The Balaban J connectivity index is 2.21. The molecule has 1 aliphatic rings. The number of aromatic hydroxyl groups is 1. The molecule has 0 saturated carbocycles. The van der Waals surface area contributed by atoms with Crippen molar-refractivity contribution in [2.45, 2.75) is 30.8 Å². The van der Waals surface area contributed by atoms with Crippen LogP contribution >= 0.6 is 35.0 Å². The van der Waals surface area contributed by atoms with Gasteiger partial charge in [-0.2, -0.15) is 0 Å². The van der Waals surface area contributed by atoms with Crippen molar-refractivity contribution >= 4 is 52.5 Å². The Bertz CT molecular complexity index is 950. The van der Waals surface area contributed by atoms with Crippen molar-refractivity contribution < 1.29 is 19.8 Å². The van der Waals surface area contributed by atoms with Crippen LogP contribution < -0.4 is 4.90 Å². The fraction of sp³-hybridized carbons (Fsp3) is 0.333. The van der Waals surface area contributed by atoms with E-state index in [1.165, 1.54) is 23.9 Å². The van der Waals surface area contributed by atoms with Crippen LogP contribution in [-0.2, 0) is 9.59 Å². The van der Waals surface area contributed by atoms with Gasteiger partial charge in [0.1, 0.15) is 5.75 Å². The molecule has 0 spiro atoms. The van der Waals surface area contributed by atoms with Crippen molar-refractivity contribution in [3.05, 3.63) is 57.6 Å². The lowest BCUT2D eigenvalue weighted by Gasteiger charge is -2.27. The average molecular weight is 454 g/mol. The third-order valence-electron chi connectivity index (χ3n) is 4.58. The summed E-state index contributed by atoms with van der Waals surface area (Å²) in [6, 6.07) is 9.97. The highest BCUT2D eigenvalue weighted by atomic mass is 35.5. The maximum absolute atomic E-state index is 13.3. The smallest absolute Gasteiger partial charge is 0.305 e. The topological polar surface area (TPSA) is 77.8 Å². The summed E-state index contributed by atoms with van der Waals surface area (Å²) in [7, 11) is 0. The highest BCUT2D eigenvalue weighted by Gasteiger charge is 2.38. The Morgan fingerprint density at radius 2 is 1.90 bits per heavy atom. The molecule has 2 atom stereocenters. The Morgan fingerprint density at radius 1 is 1.17 bits per heavy atom. The van der Waals surface area contributed by atoms with Crippen LogP contribution in [0.5, 0.6) is 5.75 Å². The molecule has 0 aromatic heterocycles. The van der Waals surface area contributed by atoms with E-state index in [2.05, 4.69) is 0 Å². The van der Waals surface area contributed by atoms with E-state index in [1.807, 2.05) is 13.8 Å². The van der Waals surface area contributed by atoms with Crippen molar-refractivity contribution in [3.8, 4) is 5.75 Å². The van der Waals surface area contributed by atoms with Gasteiger partial charge in [0, 0.05) is 22.3 Å². The number of nitrogens with zero attached hydrogens (tertiary/aromatic N) is 1. The standard InChI is InChI=1S/C21H21Cl2NO4S/c1-11(2)10-24-17-6-3-12(22)7-15(17)20(14-5-4-13(25)8-16(14)23)29-18(21(24)28)9-19(26)27/h3-8,11,18,20,25H,9-10H2,1-2H3,(H,26,27)/t18-,20-/m1/s1. The average Bonchev–Trinajstić information content (AvgIpc) is 2.72. The minimum atomic E-state index is -1.04. The third-order valence-corrected chi connectivity index (χ3v) is 6.62. The molecule has 1 heterocycles. The van der Waals surface area contributed by atoms with Crippen LogP contribution in [0.25, 0.3) is 0 Å². The second-order valence-corrected chi connectivity index (χ2v) is 9.51. The van der Waals surface area contributed by atoms with E-state index in [9.17, 15) is 19.8 Å². The highest BCUT2D eigenvalue weighted by molar-refractivity contribution is 8.01. The lowest BCUT2D eigenvalue weighted by Crippen LogP contribution is -2.40. The van der Waals surface area contributed by atoms with Crippen LogP contribution in [0.15, 0.2) is 36.4 Å². The molecule has 5 nitrogen and oxygen atoms in total. The van der Waals surface area contributed by atoms with Gasteiger partial charge in [0.25, 0.3) is 0 Å². The normalized spacial score (nSPS) is 19.2. The second kappa shape index (κ2) is 8.86. The third kappa shape index (κ3) is 4.82. The first-order valence-corrected chi connectivity index (χ1v) is 10.8. The van der Waals surface area contributed by atoms with Crippen molar-refractivity contribution in [2.75, 3.05) is 11.4 Å². The number of carboxylic acid groups (broad SMARTS) is 1. The number of aliphatic carboxylic acids is 1. The monoisotopic (exact) mass is 453 g/mol. The first-order valence-electron chi connectivity index (χ1n) is 9.14. The van der Waals surface area contributed by atoms with Gasteiger partial charge in [-0.15, -0.1) is 11.8 Å². The fourth-order valence-electron chi connectivity index (χ4n) is 3.39. The molecule has 0 unspecified atom stereocenters. The van der Waals surface area contributed by atoms with Gasteiger partial charge in [0.05, 0.1) is 16.9 Å². The summed E-state index contributed by atoms with van der Waals surface area (Å²) in [6.07, 6.45) is -0.300. The summed E-state index contributed by atoms with van der Waals surface area (Å²) < 4.78 is 0. The van der Waals surface area contributed by atoms with E-state index in [0.717, 1.165) is 5.56 Å². The number of thioether (sulfide) groups is 1. The molecule has 0 aliphatic carbocycles. The van der Waals surface area contributed by atoms with Crippen molar-refractivity contribution in [3.63, 3.8) is 0 Å². The number of halogens is 2. The van der Waals surface area contributed by atoms with Gasteiger partial charge >= 0.3 is 5.97 Å². The van der Waals surface area contributed by atoms with Crippen LogP contribution in [0.2, 0.25) is 10.0 Å². The number of phenolic OH excluding ortho intramolecular Hbond substituents is 1. The van der Waals surface area contributed by atoms with Crippen LogP contribution in [0.3, 0.4) is 0 Å². The number of carbonyl (C=O) groups excluding carboxylic acids is 1. The molecule has 0 radical (unpaired) electrons. The maximum Gasteiger partial charge on any atom is 0.305 e. The van der Waals surface area contributed by atoms with Gasteiger partial charge in [0.2, 0.25) is 5.91 Å². The zero-order chi connectivity index (χ0) is 21.3. The van der Waals surface area contributed by atoms with E-state index < -0.39 is 16.5 Å². The minimum Gasteiger partial charge on any atom is -0.508 e. The van der Waals surface area contributed by atoms with E-state index in [1.54, 1.807) is 29.2 Å². The molecule has 154 valence electrons. The van der Waals surface area contributed by atoms with Crippen molar-refractivity contribution in [2.24, 2.45) is 5.92 Å². The number of phenols is 1. The predicted octanol–water partition coefficient (Wildman–Crippen LogP) is 5.37. The Morgan fingerprint density at radius 3 is 2.52 bits per heavy atom. The Hall–Kier alpha value is -1.89. The number of anilines is 1. The molecule has 0 bridgehead atoms. The largest absolute Gasteiger partial charge is 0.508 e. The summed E-state index contributed by atoms with van der Waals surface area (Å²) in [5, 5.41) is 18.8. The molecule has 29 heavy (non-hydrogen) atoms. The van der Waals surface area contributed by atoms with Gasteiger partial charge in [-0.1, -0.05) is 43.1 Å².